The standard InChI is InChI=1S/C15H9BrFNO2/c16-10-6-5-9-7-14(11-3-1-2-4-12(11)17)18(15(19)20)13(9)8-10/h1-8H,(H,19,20). The minimum Gasteiger partial charge on any atom is -0.464 e. The molecular weight excluding hydrogens is 325 g/mol. The molecular formula is C15H9BrFNO2. The number of carbonyl (C=O) groups is 1. The molecule has 1 N–H and O–H groups in total. The lowest BCUT2D eigenvalue weighted by atomic mass is 10.1. The second-order valence-corrected chi connectivity index (χ2v) is 5.25. The van der Waals surface area contributed by atoms with Crippen molar-refractivity contribution in [1.29, 1.82) is 0 Å². The SMILES string of the molecule is O=C(O)n1c(-c2ccccc2F)cc2ccc(Br)cc21. The van der Waals surface area contributed by atoms with Gasteiger partial charge in [-0.2, -0.15) is 0 Å². The summed E-state index contributed by atoms with van der Waals surface area (Å²) in [5.41, 5.74) is 1.11. The lowest BCUT2D eigenvalue weighted by molar-refractivity contribution is 0.198. The molecule has 3 nitrogen and oxygen atoms in total. The normalized spacial score (nSPS) is 10.9. The van der Waals surface area contributed by atoms with Gasteiger partial charge in [-0.25, -0.2) is 13.8 Å². The van der Waals surface area contributed by atoms with Crippen molar-refractivity contribution in [3.8, 4) is 11.3 Å². The average Bonchev–Trinajstić information content (AvgIpc) is 2.77. The second-order valence-electron chi connectivity index (χ2n) is 4.33. The zero-order valence-corrected chi connectivity index (χ0v) is 11.8. The highest BCUT2D eigenvalue weighted by molar-refractivity contribution is 9.10. The Morgan fingerprint density at radius 3 is 2.60 bits per heavy atom. The fourth-order valence-corrected chi connectivity index (χ4v) is 2.60. The predicted octanol–water partition coefficient (Wildman–Crippen LogP) is 4.74. The maximum Gasteiger partial charge on any atom is 0.416 e. The van der Waals surface area contributed by atoms with Gasteiger partial charge in [0, 0.05) is 15.4 Å². The van der Waals surface area contributed by atoms with Crippen LogP contribution in [0.1, 0.15) is 0 Å². The van der Waals surface area contributed by atoms with Gasteiger partial charge in [-0.1, -0.05) is 34.1 Å². The topological polar surface area (TPSA) is 42.2 Å². The van der Waals surface area contributed by atoms with Gasteiger partial charge < -0.3 is 5.11 Å². The van der Waals surface area contributed by atoms with E-state index in [-0.39, 0.29) is 5.56 Å². The molecule has 0 amide bonds. The number of hydrogen-bond acceptors (Lipinski definition) is 1. The van der Waals surface area contributed by atoms with Gasteiger partial charge in [0.25, 0.3) is 0 Å². The lowest BCUT2D eigenvalue weighted by Crippen LogP contribution is -2.09. The summed E-state index contributed by atoms with van der Waals surface area (Å²) in [6, 6.07) is 13.1. The average molecular weight is 334 g/mol. The van der Waals surface area contributed by atoms with Crippen LogP contribution in [0.4, 0.5) is 9.18 Å². The minimum absolute atomic E-state index is 0.266. The molecule has 3 rings (SSSR count). The molecule has 0 aliphatic heterocycles. The molecule has 0 spiro atoms. The van der Waals surface area contributed by atoms with Gasteiger partial charge >= 0.3 is 6.09 Å². The summed E-state index contributed by atoms with van der Waals surface area (Å²) in [5, 5.41) is 10.2. The summed E-state index contributed by atoms with van der Waals surface area (Å²) in [6.45, 7) is 0. The lowest BCUT2D eigenvalue weighted by Gasteiger charge is -2.06. The van der Waals surface area contributed by atoms with Crippen LogP contribution in [0.15, 0.2) is 53.0 Å². The number of aromatic nitrogens is 1. The van der Waals surface area contributed by atoms with Crippen LogP contribution in [0.3, 0.4) is 0 Å². The van der Waals surface area contributed by atoms with Crippen molar-refractivity contribution in [2.24, 2.45) is 0 Å². The second kappa shape index (κ2) is 4.76. The molecule has 1 heterocycles. The first kappa shape index (κ1) is 12.9. The molecule has 0 saturated carbocycles. The van der Waals surface area contributed by atoms with Gasteiger partial charge in [-0.15, -0.1) is 0 Å². The Morgan fingerprint density at radius 2 is 1.90 bits per heavy atom. The van der Waals surface area contributed by atoms with Crippen LogP contribution >= 0.6 is 15.9 Å². The minimum atomic E-state index is -1.14. The number of nitrogens with zero attached hydrogens (tertiary/aromatic N) is 1. The van der Waals surface area contributed by atoms with Crippen LogP contribution in [0.2, 0.25) is 0 Å². The Labute approximate surface area is 122 Å². The monoisotopic (exact) mass is 333 g/mol. The van der Waals surface area contributed by atoms with Crippen LogP contribution in [-0.2, 0) is 0 Å². The number of halogens is 2. The number of fused-ring (bicyclic) bond motifs is 1. The van der Waals surface area contributed by atoms with Crippen LogP contribution < -0.4 is 0 Å². The molecule has 1 aromatic heterocycles. The third kappa shape index (κ3) is 2.00. The largest absolute Gasteiger partial charge is 0.464 e. The van der Waals surface area contributed by atoms with Crippen LogP contribution in [0.25, 0.3) is 22.2 Å². The van der Waals surface area contributed by atoms with Gasteiger partial charge in [-0.3, -0.25) is 0 Å². The number of rotatable bonds is 1. The number of carboxylic acid groups (broad SMARTS) is 1. The molecule has 100 valence electrons. The molecule has 2 aromatic carbocycles. The highest BCUT2D eigenvalue weighted by atomic mass is 79.9. The quantitative estimate of drug-likeness (QED) is 0.699. The van der Waals surface area contributed by atoms with Crippen LogP contribution in [0.5, 0.6) is 0 Å². The molecule has 0 atom stereocenters. The Balaban J connectivity index is 2.39. The molecule has 0 fully saturated rings. The summed E-state index contributed by atoms with van der Waals surface area (Å²) in [4.78, 5) is 11.5. The van der Waals surface area contributed by atoms with E-state index in [1.807, 2.05) is 6.07 Å². The third-order valence-electron chi connectivity index (χ3n) is 3.11. The van der Waals surface area contributed by atoms with Gasteiger partial charge in [0.2, 0.25) is 0 Å². The van der Waals surface area contributed by atoms with Crippen molar-refractivity contribution in [2.45, 2.75) is 0 Å². The van der Waals surface area contributed by atoms with Gasteiger partial charge in [0.1, 0.15) is 5.82 Å². The maximum absolute atomic E-state index is 13.9. The van der Waals surface area contributed by atoms with E-state index in [2.05, 4.69) is 15.9 Å². The summed E-state index contributed by atoms with van der Waals surface area (Å²) >= 11 is 3.32. The highest BCUT2D eigenvalue weighted by Gasteiger charge is 2.17. The van der Waals surface area contributed by atoms with E-state index in [9.17, 15) is 14.3 Å². The molecule has 5 heteroatoms. The highest BCUT2D eigenvalue weighted by Crippen LogP contribution is 2.31. The van der Waals surface area contributed by atoms with Crippen molar-refractivity contribution in [1.82, 2.24) is 4.57 Å². The van der Waals surface area contributed by atoms with Gasteiger partial charge in [0.15, 0.2) is 0 Å². The van der Waals surface area contributed by atoms with Gasteiger partial charge in [-0.05, 0) is 30.3 Å². The summed E-state index contributed by atoms with van der Waals surface area (Å²) in [6.07, 6.45) is -1.14. The number of hydrogen-bond donors (Lipinski definition) is 1. The molecule has 20 heavy (non-hydrogen) atoms. The first-order chi connectivity index (χ1) is 9.58. The summed E-state index contributed by atoms with van der Waals surface area (Å²) in [7, 11) is 0. The first-order valence-electron chi connectivity index (χ1n) is 5.87. The Kier molecular flexibility index (Phi) is 3.06. The molecule has 3 aromatic rings. The van der Waals surface area contributed by atoms with E-state index in [1.165, 1.54) is 6.07 Å². The van der Waals surface area contributed by atoms with Crippen molar-refractivity contribution in [3.63, 3.8) is 0 Å². The van der Waals surface area contributed by atoms with Crippen molar-refractivity contribution >= 4 is 32.9 Å². The molecule has 0 aliphatic carbocycles. The Morgan fingerprint density at radius 1 is 1.15 bits per heavy atom. The first-order valence-corrected chi connectivity index (χ1v) is 6.66. The van der Waals surface area contributed by atoms with E-state index < -0.39 is 11.9 Å². The van der Waals surface area contributed by atoms with E-state index >= 15 is 0 Å². The zero-order chi connectivity index (χ0) is 14.3. The van der Waals surface area contributed by atoms with Crippen LogP contribution in [-0.4, -0.2) is 15.8 Å². The van der Waals surface area contributed by atoms with E-state index in [0.29, 0.717) is 11.2 Å². The molecule has 0 saturated heterocycles. The van der Waals surface area contributed by atoms with Gasteiger partial charge in [0.05, 0.1) is 11.2 Å². The van der Waals surface area contributed by atoms with Crippen molar-refractivity contribution < 1.29 is 14.3 Å². The summed E-state index contributed by atoms with van der Waals surface area (Å²) < 4.78 is 15.8. The molecule has 0 radical (unpaired) electrons. The van der Waals surface area contributed by atoms with E-state index in [4.69, 9.17) is 0 Å². The Hall–Kier alpha value is -2.14. The molecule has 0 aliphatic rings. The van der Waals surface area contributed by atoms with E-state index in [1.54, 1.807) is 36.4 Å². The zero-order valence-electron chi connectivity index (χ0n) is 10.2. The smallest absolute Gasteiger partial charge is 0.416 e. The third-order valence-corrected chi connectivity index (χ3v) is 3.60. The van der Waals surface area contributed by atoms with Crippen LogP contribution in [0, 0.1) is 5.82 Å². The van der Waals surface area contributed by atoms with Crippen molar-refractivity contribution in [3.05, 3.63) is 58.8 Å². The number of benzene rings is 2. The fraction of sp³-hybridized carbons (Fsp3) is 0. The molecule has 0 bridgehead atoms. The Bertz CT molecular complexity index is 826. The van der Waals surface area contributed by atoms with E-state index in [0.717, 1.165) is 14.4 Å². The predicted molar refractivity (Wildman–Crippen MR) is 78.5 cm³/mol. The maximum atomic E-state index is 13.9. The fourth-order valence-electron chi connectivity index (χ4n) is 2.25. The van der Waals surface area contributed by atoms with Crippen molar-refractivity contribution in [2.75, 3.05) is 0 Å². The summed E-state index contributed by atoms with van der Waals surface area (Å²) in [5.74, 6) is -0.447. The molecule has 0 unspecified atom stereocenters.